The predicted octanol–water partition coefficient (Wildman–Crippen LogP) is 4.84. The van der Waals surface area contributed by atoms with Crippen LogP contribution in [0.25, 0.3) is 16.7 Å². The molecule has 5 rings (SSSR count). The molecule has 0 bridgehead atoms. The SMILES string of the molecule is CCCCn1c(=O)c2ccccc2n2c(=S)n(CN3CCCC3c3cccs3)nc12. The van der Waals surface area contributed by atoms with Crippen LogP contribution in [0.15, 0.2) is 46.6 Å². The van der Waals surface area contributed by atoms with Crippen molar-refractivity contribution in [2.24, 2.45) is 0 Å². The lowest BCUT2D eigenvalue weighted by Crippen LogP contribution is -2.26. The number of rotatable bonds is 6. The molecule has 1 fully saturated rings. The van der Waals surface area contributed by atoms with E-state index in [1.807, 2.05) is 44.7 Å². The quantitative estimate of drug-likeness (QED) is 0.404. The van der Waals surface area contributed by atoms with Gasteiger partial charge in [-0.15, -0.1) is 16.4 Å². The van der Waals surface area contributed by atoms with Gasteiger partial charge in [0, 0.05) is 24.0 Å². The molecule has 156 valence electrons. The van der Waals surface area contributed by atoms with Crippen LogP contribution < -0.4 is 5.56 Å². The standard InChI is InChI=1S/C22H25N5OS2/c1-2-3-13-25-20(28)16-8-4-5-9-17(16)27-21(25)23-26(22(27)29)15-24-12-6-10-18(24)19-11-7-14-30-19/h4-5,7-9,11,14,18H,2-3,6,10,12-13,15H2,1H3. The first-order valence-corrected chi connectivity index (χ1v) is 11.9. The highest BCUT2D eigenvalue weighted by Gasteiger charge is 2.28. The van der Waals surface area contributed by atoms with E-state index in [2.05, 4.69) is 29.3 Å². The Hall–Kier alpha value is -2.29. The van der Waals surface area contributed by atoms with E-state index >= 15 is 0 Å². The van der Waals surface area contributed by atoms with Crippen LogP contribution in [0, 0.1) is 4.77 Å². The van der Waals surface area contributed by atoms with Crippen molar-refractivity contribution in [3.8, 4) is 0 Å². The number of thiophene rings is 1. The number of aryl methyl sites for hydroxylation is 1. The Morgan fingerprint density at radius 1 is 1.23 bits per heavy atom. The maximum Gasteiger partial charge on any atom is 0.262 e. The molecule has 0 N–H and O–H groups in total. The Balaban J connectivity index is 1.64. The molecule has 0 saturated carbocycles. The van der Waals surface area contributed by atoms with Crippen molar-refractivity contribution in [2.45, 2.75) is 51.9 Å². The number of likely N-dealkylation sites (tertiary alicyclic amines) is 1. The smallest absolute Gasteiger partial charge is 0.262 e. The van der Waals surface area contributed by atoms with Gasteiger partial charge in [0.05, 0.1) is 17.6 Å². The second-order valence-electron chi connectivity index (χ2n) is 7.87. The van der Waals surface area contributed by atoms with Gasteiger partial charge in [0.25, 0.3) is 5.56 Å². The molecule has 6 nitrogen and oxygen atoms in total. The molecule has 0 aliphatic carbocycles. The van der Waals surface area contributed by atoms with Gasteiger partial charge in [0.1, 0.15) is 0 Å². The molecular weight excluding hydrogens is 414 g/mol. The van der Waals surface area contributed by atoms with Crippen LogP contribution in [-0.4, -0.2) is 30.2 Å². The third-order valence-electron chi connectivity index (χ3n) is 5.97. The highest BCUT2D eigenvalue weighted by atomic mass is 32.1. The first kappa shape index (κ1) is 19.7. The van der Waals surface area contributed by atoms with E-state index < -0.39 is 0 Å². The van der Waals surface area contributed by atoms with E-state index in [1.54, 1.807) is 4.57 Å². The molecule has 0 radical (unpaired) electrons. The molecule has 1 aromatic carbocycles. The lowest BCUT2D eigenvalue weighted by Gasteiger charge is -2.23. The van der Waals surface area contributed by atoms with E-state index in [-0.39, 0.29) is 5.56 Å². The van der Waals surface area contributed by atoms with Crippen LogP contribution in [0.1, 0.15) is 43.5 Å². The van der Waals surface area contributed by atoms with Gasteiger partial charge in [-0.3, -0.25) is 18.7 Å². The van der Waals surface area contributed by atoms with Gasteiger partial charge in [-0.05, 0) is 55.1 Å². The summed E-state index contributed by atoms with van der Waals surface area (Å²) in [6, 6.07) is 12.4. The zero-order chi connectivity index (χ0) is 20.7. The third kappa shape index (κ3) is 3.23. The van der Waals surface area contributed by atoms with Gasteiger partial charge in [0.15, 0.2) is 0 Å². The maximum atomic E-state index is 13.2. The number of hydrogen-bond acceptors (Lipinski definition) is 5. The van der Waals surface area contributed by atoms with Gasteiger partial charge in [-0.25, -0.2) is 4.68 Å². The summed E-state index contributed by atoms with van der Waals surface area (Å²) in [5, 5.41) is 7.68. The summed E-state index contributed by atoms with van der Waals surface area (Å²) in [6.07, 6.45) is 4.28. The Morgan fingerprint density at radius 3 is 2.90 bits per heavy atom. The van der Waals surface area contributed by atoms with Crippen molar-refractivity contribution < 1.29 is 0 Å². The third-order valence-corrected chi connectivity index (χ3v) is 7.34. The normalized spacial score (nSPS) is 17.4. The highest BCUT2D eigenvalue weighted by Crippen LogP contribution is 2.34. The number of nitrogens with zero attached hydrogens (tertiary/aromatic N) is 5. The van der Waals surface area contributed by atoms with Gasteiger partial charge in [-0.1, -0.05) is 31.5 Å². The van der Waals surface area contributed by atoms with Crippen LogP contribution in [0.2, 0.25) is 0 Å². The molecule has 0 spiro atoms. The minimum Gasteiger partial charge on any atom is -0.276 e. The molecule has 30 heavy (non-hydrogen) atoms. The second kappa shape index (κ2) is 8.09. The number of aromatic nitrogens is 4. The van der Waals surface area contributed by atoms with E-state index in [0.29, 0.717) is 35.2 Å². The zero-order valence-corrected chi connectivity index (χ0v) is 18.7. The van der Waals surface area contributed by atoms with E-state index in [9.17, 15) is 4.79 Å². The van der Waals surface area contributed by atoms with Crippen LogP contribution in [0.4, 0.5) is 0 Å². The van der Waals surface area contributed by atoms with Gasteiger partial charge < -0.3 is 0 Å². The molecule has 8 heteroatoms. The number of fused-ring (bicyclic) bond motifs is 3. The summed E-state index contributed by atoms with van der Waals surface area (Å²) >= 11 is 7.68. The zero-order valence-electron chi connectivity index (χ0n) is 17.0. The summed E-state index contributed by atoms with van der Waals surface area (Å²) in [7, 11) is 0. The largest absolute Gasteiger partial charge is 0.276 e. The average molecular weight is 440 g/mol. The van der Waals surface area contributed by atoms with Gasteiger partial charge >= 0.3 is 0 Å². The first-order chi connectivity index (χ1) is 14.7. The molecule has 1 aliphatic rings. The first-order valence-electron chi connectivity index (χ1n) is 10.6. The minimum absolute atomic E-state index is 0.0105. The van der Waals surface area contributed by atoms with Gasteiger partial charge in [-0.2, -0.15) is 0 Å². The summed E-state index contributed by atoms with van der Waals surface area (Å²) in [5.41, 5.74) is 0.842. The molecule has 0 amide bonds. The second-order valence-corrected chi connectivity index (χ2v) is 9.22. The molecule has 1 unspecified atom stereocenters. The molecule has 4 heterocycles. The fourth-order valence-corrected chi connectivity index (χ4v) is 5.62. The molecule has 3 aromatic heterocycles. The molecular formula is C22H25N5OS2. The summed E-state index contributed by atoms with van der Waals surface area (Å²) in [4.78, 5) is 17.0. The van der Waals surface area contributed by atoms with Crippen molar-refractivity contribution in [3.05, 3.63) is 61.8 Å². The molecule has 1 atom stereocenters. The number of benzene rings is 1. The van der Waals surface area contributed by atoms with Crippen molar-refractivity contribution in [3.63, 3.8) is 0 Å². The lowest BCUT2D eigenvalue weighted by atomic mass is 10.2. The van der Waals surface area contributed by atoms with Crippen molar-refractivity contribution in [1.82, 2.24) is 23.6 Å². The Morgan fingerprint density at radius 2 is 2.10 bits per heavy atom. The fourth-order valence-electron chi connectivity index (χ4n) is 4.45. The van der Waals surface area contributed by atoms with Crippen LogP contribution in [-0.2, 0) is 13.2 Å². The fraction of sp³-hybridized carbons (Fsp3) is 0.409. The van der Waals surface area contributed by atoms with Gasteiger partial charge in [0.2, 0.25) is 10.5 Å². The van der Waals surface area contributed by atoms with Crippen molar-refractivity contribution >= 4 is 40.2 Å². The van der Waals surface area contributed by atoms with Crippen molar-refractivity contribution in [2.75, 3.05) is 6.54 Å². The Kier molecular flexibility index (Phi) is 5.30. The summed E-state index contributed by atoms with van der Waals surface area (Å²) < 4.78 is 6.30. The van der Waals surface area contributed by atoms with Crippen molar-refractivity contribution in [1.29, 1.82) is 0 Å². The molecule has 1 aliphatic heterocycles. The predicted molar refractivity (Wildman–Crippen MR) is 124 cm³/mol. The number of unbranched alkanes of at least 4 members (excludes halogenated alkanes) is 1. The molecule has 4 aromatic rings. The summed E-state index contributed by atoms with van der Waals surface area (Å²) in [6.45, 7) is 4.45. The Bertz CT molecular complexity index is 1300. The highest BCUT2D eigenvalue weighted by molar-refractivity contribution is 7.71. The molecule has 1 saturated heterocycles. The van der Waals surface area contributed by atoms with Crippen LogP contribution >= 0.6 is 23.6 Å². The average Bonchev–Trinajstić information content (AvgIpc) is 3.50. The number of para-hydroxylation sites is 1. The maximum absolute atomic E-state index is 13.2. The van der Waals surface area contributed by atoms with E-state index in [4.69, 9.17) is 17.3 Å². The topological polar surface area (TPSA) is 47.5 Å². The number of hydrogen-bond donors (Lipinski definition) is 0. The van der Waals surface area contributed by atoms with Crippen LogP contribution in [0.5, 0.6) is 0 Å². The van der Waals surface area contributed by atoms with E-state index in [1.165, 1.54) is 11.3 Å². The lowest BCUT2D eigenvalue weighted by molar-refractivity contribution is 0.192. The van der Waals surface area contributed by atoms with E-state index in [0.717, 1.165) is 31.3 Å². The minimum atomic E-state index is 0.0105. The monoisotopic (exact) mass is 439 g/mol. The Labute approximate surface area is 184 Å². The summed E-state index contributed by atoms with van der Waals surface area (Å²) in [5.74, 6) is 0.643. The van der Waals surface area contributed by atoms with Crippen LogP contribution in [0.3, 0.4) is 0 Å².